The number of piperidine rings is 1. The fourth-order valence-corrected chi connectivity index (χ4v) is 3.83. The molecule has 130 valence electrons. The summed E-state index contributed by atoms with van der Waals surface area (Å²) in [5, 5.41) is 0.532. The van der Waals surface area contributed by atoms with E-state index in [1.54, 1.807) is 11.0 Å². The third kappa shape index (κ3) is 3.15. The maximum absolute atomic E-state index is 12.9. The Morgan fingerprint density at radius 2 is 2.04 bits per heavy atom. The molecule has 2 amide bonds. The zero-order chi connectivity index (χ0) is 17.5. The molecule has 2 unspecified atom stereocenters. The van der Waals surface area contributed by atoms with E-state index in [2.05, 4.69) is 13.8 Å². The number of carbonyl (C=O) groups excluding carboxylic acids is 2. The quantitative estimate of drug-likeness (QED) is 0.890. The van der Waals surface area contributed by atoms with Crippen molar-refractivity contribution in [1.29, 1.82) is 0 Å². The third-order valence-electron chi connectivity index (χ3n) is 5.24. The molecule has 0 aromatic heterocycles. The smallest absolute Gasteiger partial charge is 0.228 e. The first-order chi connectivity index (χ1) is 11.3. The second-order valence-electron chi connectivity index (χ2n) is 7.50. The number of nitrogens with two attached hydrogens (primary N) is 1. The van der Waals surface area contributed by atoms with Gasteiger partial charge in [0.1, 0.15) is 0 Å². The van der Waals surface area contributed by atoms with Gasteiger partial charge < -0.3 is 15.5 Å². The van der Waals surface area contributed by atoms with Crippen LogP contribution in [0.4, 0.5) is 5.69 Å². The van der Waals surface area contributed by atoms with Gasteiger partial charge in [0.05, 0.1) is 16.6 Å². The number of nitrogens with zero attached hydrogens (tertiary/aromatic N) is 2. The molecule has 0 bridgehead atoms. The van der Waals surface area contributed by atoms with Crippen molar-refractivity contribution in [3.8, 4) is 0 Å². The summed E-state index contributed by atoms with van der Waals surface area (Å²) in [5.74, 6) is -0.300. The number of benzene rings is 1. The van der Waals surface area contributed by atoms with Gasteiger partial charge in [-0.3, -0.25) is 9.59 Å². The Morgan fingerprint density at radius 3 is 2.71 bits per heavy atom. The van der Waals surface area contributed by atoms with Gasteiger partial charge >= 0.3 is 0 Å². The van der Waals surface area contributed by atoms with Crippen molar-refractivity contribution in [2.75, 3.05) is 24.5 Å². The average molecular weight is 350 g/mol. The summed E-state index contributed by atoms with van der Waals surface area (Å²) in [7, 11) is 0. The van der Waals surface area contributed by atoms with Crippen molar-refractivity contribution in [3.05, 3.63) is 29.3 Å². The van der Waals surface area contributed by atoms with Crippen molar-refractivity contribution in [2.45, 2.75) is 32.7 Å². The van der Waals surface area contributed by atoms with Crippen LogP contribution in [-0.2, 0) is 9.59 Å². The standard InChI is InChI=1S/C18H24ClN3O2/c1-18(2)11-21(8-7-15(18)20)17(24)12-9-16(23)22(10-12)14-6-4-3-5-13(14)19/h3-6,12,15H,7-11,20H2,1-2H3. The van der Waals surface area contributed by atoms with E-state index in [-0.39, 0.29) is 35.6 Å². The van der Waals surface area contributed by atoms with E-state index >= 15 is 0 Å². The number of hydrogen-bond acceptors (Lipinski definition) is 3. The molecule has 3 rings (SSSR count). The van der Waals surface area contributed by atoms with Gasteiger partial charge in [-0.2, -0.15) is 0 Å². The molecule has 2 N–H and O–H groups in total. The molecule has 2 fully saturated rings. The Morgan fingerprint density at radius 1 is 1.33 bits per heavy atom. The normalized spacial score (nSPS) is 26.8. The monoisotopic (exact) mass is 349 g/mol. The van der Waals surface area contributed by atoms with Gasteiger partial charge in [0.2, 0.25) is 11.8 Å². The molecule has 0 aliphatic carbocycles. The van der Waals surface area contributed by atoms with E-state index in [9.17, 15) is 9.59 Å². The van der Waals surface area contributed by atoms with Gasteiger partial charge in [-0.1, -0.05) is 37.6 Å². The van der Waals surface area contributed by atoms with Crippen LogP contribution in [0.15, 0.2) is 24.3 Å². The minimum absolute atomic E-state index is 0.0468. The van der Waals surface area contributed by atoms with Crippen LogP contribution < -0.4 is 10.6 Å². The van der Waals surface area contributed by atoms with Crippen LogP contribution in [0.5, 0.6) is 0 Å². The van der Waals surface area contributed by atoms with Crippen molar-refractivity contribution in [2.24, 2.45) is 17.1 Å². The topological polar surface area (TPSA) is 66.6 Å². The SMILES string of the molecule is CC1(C)CN(C(=O)C2CC(=O)N(c3ccccc3Cl)C2)CCC1N. The summed E-state index contributed by atoms with van der Waals surface area (Å²) in [4.78, 5) is 28.8. The van der Waals surface area contributed by atoms with Crippen LogP contribution >= 0.6 is 11.6 Å². The molecule has 2 saturated heterocycles. The zero-order valence-corrected chi connectivity index (χ0v) is 14.9. The highest BCUT2D eigenvalue weighted by atomic mass is 35.5. The van der Waals surface area contributed by atoms with Gasteiger partial charge in [-0.05, 0) is 24.0 Å². The van der Waals surface area contributed by atoms with Crippen molar-refractivity contribution < 1.29 is 9.59 Å². The predicted octanol–water partition coefficient (Wildman–Crippen LogP) is 2.28. The van der Waals surface area contributed by atoms with Crippen LogP contribution in [0.3, 0.4) is 0 Å². The molecule has 1 aromatic carbocycles. The molecule has 0 radical (unpaired) electrons. The number of rotatable bonds is 2. The molecular formula is C18H24ClN3O2. The number of amides is 2. The maximum atomic E-state index is 12.9. The Kier molecular flexibility index (Phi) is 4.58. The average Bonchev–Trinajstić information content (AvgIpc) is 2.91. The number of anilines is 1. The van der Waals surface area contributed by atoms with Crippen molar-refractivity contribution >= 4 is 29.1 Å². The van der Waals surface area contributed by atoms with Gasteiger partial charge in [-0.25, -0.2) is 0 Å². The first kappa shape index (κ1) is 17.2. The summed E-state index contributed by atoms with van der Waals surface area (Å²) in [6.45, 7) is 5.88. The molecule has 1 aromatic rings. The fourth-order valence-electron chi connectivity index (χ4n) is 3.60. The highest BCUT2D eigenvalue weighted by Gasteiger charge is 2.41. The lowest BCUT2D eigenvalue weighted by atomic mass is 9.79. The molecular weight excluding hydrogens is 326 g/mol. The summed E-state index contributed by atoms with van der Waals surface area (Å²) in [6, 6.07) is 7.35. The molecule has 5 nitrogen and oxygen atoms in total. The molecule has 0 spiro atoms. The lowest BCUT2D eigenvalue weighted by Crippen LogP contribution is -2.55. The minimum atomic E-state index is -0.307. The van der Waals surface area contributed by atoms with Gasteiger partial charge in [0, 0.05) is 32.1 Å². The lowest BCUT2D eigenvalue weighted by molar-refractivity contribution is -0.139. The second-order valence-corrected chi connectivity index (χ2v) is 7.91. The molecule has 2 aliphatic rings. The zero-order valence-electron chi connectivity index (χ0n) is 14.2. The predicted molar refractivity (Wildman–Crippen MR) is 94.9 cm³/mol. The first-order valence-corrected chi connectivity index (χ1v) is 8.76. The van der Waals surface area contributed by atoms with Crippen LogP contribution in [-0.4, -0.2) is 42.4 Å². The Bertz CT molecular complexity index is 661. The Hall–Kier alpha value is -1.59. The fraction of sp³-hybridized carbons (Fsp3) is 0.556. The van der Waals surface area contributed by atoms with E-state index < -0.39 is 0 Å². The summed E-state index contributed by atoms with van der Waals surface area (Å²) in [5.41, 5.74) is 6.73. The van der Waals surface area contributed by atoms with Gasteiger partial charge in [0.25, 0.3) is 0 Å². The number of carbonyl (C=O) groups is 2. The van der Waals surface area contributed by atoms with Gasteiger partial charge in [0.15, 0.2) is 0 Å². The molecule has 6 heteroatoms. The molecule has 0 saturated carbocycles. The van der Waals surface area contributed by atoms with E-state index in [4.69, 9.17) is 17.3 Å². The van der Waals surface area contributed by atoms with Crippen molar-refractivity contribution in [3.63, 3.8) is 0 Å². The highest BCUT2D eigenvalue weighted by molar-refractivity contribution is 6.33. The summed E-state index contributed by atoms with van der Waals surface area (Å²) in [6.07, 6.45) is 1.04. The second kappa shape index (κ2) is 6.37. The molecule has 24 heavy (non-hydrogen) atoms. The Labute approximate surface area is 147 Å². The third-order valence-corrected chi connectivity index (χ3v) is 5.56. The number of halogens is 1. The lowest BCUT2D eigenvalue weighted by Gasteiger charge is -2.43. The van der Waals surface area contributed by atoms with Crippen LogP contribution in [0, 0.1) is 11.3 Å². The van der Waals surface area contributed by atoms with Gasteiger partial charge in [-0.15, -0.1) is 0 Å². The molecule has 2 heterocycles. The molecule has 2 atom stereocenters. The van der Waals surface area contributed by atoms with E-state index in [1.807, 2.05) is 23.1 Å². The number of hydrogen-bond donors (Lipinski definition) is 1. The summed E-state index contributed by atoms with van der Waals surface area (Å²) < 4.78 is 0. The summed E-state index contributed by atoms with van der Waals surface area (Å²) >= 11 is 6.20. The largest absolute Gasteiger partial charge is 0.342 e. The number of likely N-dealkylation sites (tertiary alicyclic amines) is 1. The Balaban J connectivity index is 1.72. The first-order valence-electron chi connectivity index (χ1n) is 8.39. The maximum Gasteiger partial charge on any atom is 0.228 e. The molecule has 2 aliphatic heterocycles. The van der Waals surface area contributed by atoms with Crippen LogP contribution in [0.1, 0.15) is 26.7 Å². The van der Waals surface area contributed by atoms with E-state index in [1.165, 1.54) is 0 Å². The van der Waals surface area contributed by atoms with Crippen LogP contribution in [0.25, 0.3) is 0 Å². The minimum Gasteiger partial charge on any atom is -0.342 e. The highest BCUT2D eigenvalue weighted by Crippen LogP contribution is 2.33. The van der Waals surface area contributed by atoms with E-state index in [0.29, 0.717) is 30.3 Å². The van der Waals surface area contributed by atoms with Crippen LogP contribution in [0.2, 0.25) is 5.02 Å². The van der Waals surface area contributed by atoms with E-state index in [0.717, 1.165) is 6.42 Å². The number of para-hydroxylation sites is 1. The van der Waals surface area contributed by atoms with Crippen molar-refractivity contribution in [1.82, 2.24) is 4.90 Å².